The second-order valence-electron chi connectivity index (χ2n) is 3.26. The number of hydrogen-bond acceptors (Lipinski definition) is 3. The van der Waals surface area contributed by atoms with Crippen molar-refractivity contribution in [1.29, 1.82) is 5.26 Å². The maximum atomic E-state index is 8.85. The van der Waals surface area contributed by atoms with E-state index in [2.05, 4.69) is 32.9 Å². The molecule has 3 nitrogen and oxygen atoms in total. The fraction of sp³-hybridized carbons (Fsp3) is 0. The highest BCUT2D eigenvalue weighted by Crippen LogP contribution is 2.26. The van der Waals surface area contributed by atoms with Gasteiger partial charge in [-0.2, -0.15) is 5.26 Å². The zero-order valence-electron chi connectivity index (χ0n) is 8.61. The molecule has 0 aliphatic heterocycles. The summed E-state index contributed by atoms with van der Waals surface area (Å²) in [5.74, 6) is 0.493. The first-order valence-corrected chi connectivity index (χ1v) is 6.23. The van der Waals surface area contributed by atoms with E-state index in [1.165, 1.54) is 0 Å². The number of hydrogen-bond donors (Lipinski definition) is 1. The molecular formula is C12H7ClIN3. The van der Waals surface area contributed by atoms with E-state index in [-0.39, 0.29) is 0 Å². The minimum absolute atomic E-state index is 0.341. The Kier molecular flexibility index (Phi) is 3.82. The lowest BCUT2D eigenvalue weighted by atomic mass is 10.2. The summed E-state index contributed by atoms with van der Waals surface area (Å²) in [6.45, 7) is 0. The Balaban J connectivity index is 2.31. The first kappa shape index (κ1) is 12.1. The summed E-state index contributed by atoms with van der Waals surface area (Å²) in [7, 11) is 0. The summed E-state index contributed by atoms with van der Waals surface area (Å²) in [5, 5.41) is 12.3. The molecule has 0 spiro atoms. The van der Waals surface area contributed by atoms with E-state index >= 15 is 0 Å². The summed E-state index contributed by atoms with van der Waals surface area (Å²) < 4.78 is 1.15. The standard InChI is InChI=1S/C12H7ClIN3/c13-11-8(7-15)5-6-16-12(11)17-10-3-1-9(14)2-4-10/h1-6H,(H,16,17). The molecule has 17 heavy (non-hydrogen) atoms. The maximum absolute atomic E-state index is 8.85. The second kappa shape index (κ2) is 5.34. The molecule has 0 radical (unpaired) electrons. The molecule has 2 aromatic rings. The van der Waals surface area contributed by atoms with Gasteiger partial charge in [-0.3, -0.25) is 0 Å². The summed E-state index contributed by atoms with van der Waals surface area (Å²) >= 11 is 8.27. The van der Waals surface area contributed by atoms with Crippen LogP contribution in [0.15, 0.2) is 36.5 Å². The number of aromatic nitrogens is 1. The molecule has 5 heteroatoms. The zero-order chi connectivity index (χ0) is 12.3. The monoisotopic (exact) mass is 355 g/mol. The molecule has 0 bridgehead atoms. The average molecular weight is 356 g/mol. The van der Waals surface area contributed by atoms with Gasteiger partial charge in [-0.05, 0) is 52.9 Å². The molecule has 0 saturated heterocycles. The number of rotatable bonds is 2. The highest BCUT2D eigenvalue weighted by atomic mass is 127. The average Bonchev–Trinajstić information content (AvgIpc) is 2.35. The van der Waals surface area contributed by atoms with Crippen LogP contribution in [0.3, 0.4) is 0 Å². The van der Waals surface area contributed by atoms with E-state index in [1.54, 1.807) is 12.3 Å². The first-order chi connectivity index (χ1) is 8.20. The van der Waals surface area contributed by atoms with Gasteiger partial charge in [-0.1, -0.05) is 11.6 Å². The minimum atomic E-state index is 0.341. The Morgan fingerprint density at radius 1 is 1.24 bits per heavy atom. The number of nitrogens with one attached hydrogen (secondary N) is 1. The van der Waals surface area contributed by atoms with Gasteiger partial charge in [0.25, 0.3) is 0 Å². The summed E-state index contributed by atoms with van der Waals surface area (Å²) in [5.41, 5.74) is 1.30. The Labute approximate surface area is 118 Å². The van der Waals surface area contributed by atoms with E-state index in [0.717, 1.165) is 9.26 Å². The number of anilines is 2. The molecule has 1 aromatic heterocycles. The van der Waals surface area contributed by atoms with Crippen LogP contribution >= 0.6 is 34.2 Å². The van der Waals surface area contributed by atoms with Gasteiger partial charge in [0.1, 0.15) is 11.1 Å². The first-order valence-electron chi connectivity index (χ1n) is 4.78. The summed E-state index contributed by atoms with van der Waals surface area (Å²) in [6, 6.07) is 11.4. The lowest BCUT2D eigenvalue weighted by molar-refractivity contribution is 1.29. The van der Waals surface area contributed by atoms with Crippen molar-refractivity contribution < 1.29 is 0 Å². The molecule has 1 N–H and O–H groups in total. The molecule has 0 aliphatic carbocycles. The molecule has 1 aromatic carbocycles. The lowest BCUT2D eigenvalue weighted by Crippen LogP contribution is -1.95. The van der Waals surface area contributed by atoms with Crippen LogP contribution < -0.4 is 5.32 Å². The fourth-order valence-electron chi connectivity index (χ4n) is 1.29. The number of benzene rings is 1. The van der Waals surface area contributed by atoms with E-state index in [1.807, 2.05) is 30.3 Å². The van der Waals surface area contributed by atoms with Gasteiger partial charge in [-0.15, -0.1) is 0 Å². The summed E-state index contributed by atoms with van der Waals surface area (Å²) in [4.78, 5) is 4.11. The Bertz CT molecular complexity index is 575. The van der Waals surface area contributed by atoms with Crippen LogP contribution in [-0.2, 0) is 0 Å². The van der Waals surface area contributed by atoms with Crippen molar-refractivity contribution in [2.75, 3.05) is 5.32 Å². The van der Waals surface area contributed by atoms with Crippen LogP contribution in [0.25, 0.3) is 0 Å². The van der Waals surface area contributed by atoms with Crippen molar-refractivity contribution in [3.05, 3.63) is 50.7 Å². The Hall–Kier alpha value is -1.32. The fourth-order valence-corrected chi connectivity index (χ4v) is 1.85. The van der Waals surface area contributed by atoms with Crippen molar-refractivity contribution in [3.8, 4) is 6.07 Å². The Morgan fingerprint density at radius 3 is 2.59 bits per heavy atom. The number of nitriles is 1. The smallest absolute Gasteiger partial charge is 0.150 e. The van der Waals surface area contributed by atoms with Crippen molar-refractivity contribution in [1.82, 2.24) is 4.98 Å². The molecule has 2 rings (SSSR count). The van der Waals surface area contributed by atoms with Crippen molar-refractivity contribution in [2.24, 2.45) is 0 Å². The molecule has 1 heterocycles. The normalized spacial score (nSPS) is 9.71. The predicted molar refractivity (Wildman–Crippen MR) is 76.4 cm³/mol. The third kappa shape index (κ3) is 2.87. The highest BCUT2D eigenvalue weighted by Gasteiger charge is 2.06. The predicted octanol–water partition coefficient (Wildman–Crippen LogP) is 3.95. The van der Waals surface area contributed by atoms with Crippen molar-refractivity contribution >= 4 is 45.7 Å². The van der Waals surface area contributed by atoms with Crippen molar-refractivity contribution in [3.63, 3.8) is 0 Å². The molecule has 0 fully saturated rings. The van der Waals surface area contributed by atoms with Crippen LogP contribution in [0, 0.1) is 14.9 Å². The summed E-state index contributed by atoms with van der Waals surface area (Å²) in [6.07, 6.45) is 1.56. The second-order valence-corrected chi connectivity index (χ2v) is 4.89. The zero-order valence-corrected chi connectivity index (χ0v) is 11.5. The van der Waals surface area contributed by atoms with Gasteiger partial charge in [0.15, 0.2) is 5.82 Å². The van der Waals surface area contributed by atoms with Crippen molar-refractivity contribution in [2.45, 2.75) is 0 Å². The van der Waals surface area contributed by atoms with E-state index in [4.69, 9.17) is 16.9 Å². The maximum Gasteiger partial charge on any atom is 0.150 e. The van der Waals surface area contributed by atoms with E-state index in [0.29, 0.717) is 16.4 Å². The molecule has 0 aliphatic rings. The van der Waals surface area contributed by atoms with Crippen LogP contribution in [0.2, 0.25) is 5.02 Å². The molecule has 84 valence electrons. The van der Waals surface area contributed by atoms with Crippen LogP contribution in [0.4, 0.5) is 11.5 Å². The third-order valence-electron chi connectivity index (χ3n) is 2.12. The third-order valence-corrected chi connectivity index (χ3v) is 3.22. The largest absolute Gasteiger partial charge is 0.339 e. The molecule has 0 amide bonds. The van der Waals surface area contributed by atoms with E-state index < -0.39 is 0 Å². The quantitative estimate of drug-likeness (QED) is 0.830. The number of halogens is 2. The van der Waals surface area contributed by atoms with Gasteiger partial charge in [0, 0.05) is 15.5 Å². The molecule has 0 unspecified atom stereocenters. The van der Waals surface area contributed by atoms with Crippen LogP contribution in [0.5, 0.6) is 0 Å². The SMILES string of the molecule is N#Cc1ccnc(Nc2ccc(I)cc2)c1Cl. The molecule has 0 atom stereocenters. The van der Waals surface area contributed by atoms with Gasteiger partial charge < -0.3 is 5.32 Å². The van der Waals surface area contributed by atoms with Gasteiger partial charge in [0.05, 0.1) is 5.56 Å². The number of nitrogens with zero attached hydrogens (tertiary/aromatic N) is 2. The van der Waals surface area contributed by atoms with Gasteiger partial charge in [0.2, 0.25) is 0 Å². The van der Waals surface area contributed by atoms with Gasteiger partial charge >= 0.3 is 0 Å². The Morgan fingerprint density at radius 2 is 1.94 bits per heavy atom. The van der Waals surface area contributed by atoms with Crippen LogP contribution in [-0.4, -0.2) is 4.98 Å². The lowest BCUT2D eigenvalue weighted by Gasteiger charge is -2.07. The van der Waals surface area contributed by atoms with E-state index in [9.17, 15) is 0 Å². The molecular weight excluding hydrogens is 349 g/mol. The van der Waals surface area contributed by atoms with Crippen LogP contribution in [0.1, 0.15) is 5.56 Å². The minimum Gasteiger partial charge on any atom is -0.339 e. The number of pyridine rings is 1. The topological polar surface area (TPSA) is 48.7 Å². The van der Waals surface area contributed by atoms with Gasteiger partial charge in [-0.25, -0.2) is 4.98 Å². The highest BCUT2D eigenvalue weighted by molar-refractivity contribution is 14.1. The molecule has 0 saturated carbocycles.